The lowest BCUT2D eigenvalue weighted by molar-refractivity contribution is -0.211. The van der Waals surface area contributed by atoms with Crippen molar-refractivity contribution in [3.8, 4) is 0 Å². The molecule has 1 heterocycles. The first-order valence-corrected chi connectivity index (χ1v) is 8.83. The molecule has 0 aliphatic carbocycles. The molecule has 29 heavy (non-hydrogen) atoms. The quantitative estimate of drug-likeness (QED) is 0.798. The zero-order valence-electron chi connectivity index (χ0n) is 15.3. The fourth-order valence-electron chi connectivity index (χ4n) is 2.97. The van der Waals surface area contributed by atoms with Gasteiger partial charge >= 0.3 is 12.3 Å². The van der Waals surface area contributed by atoms with Crippen molar-refractivity contribution in [3.05, 3.63) is 70.8 Å². The van der Waals surface area contributed by atoms with Gasteiger partial charge in [0.25, 0.3) is 5.91 Å². The Morgan fingerprint density at radius 2 is 1.76 bits per heavy atom. The van der Waals surface area contributed by atoms with Crippen LogP contribution in [0.4, 0.5) is 18.0 Å². The monoisotopic (exact) mass is 408 g/mol. The second kappa shape index (κ2) is 8.52. The lowest BCUT2D eigenvalue weighted by Gasteiger charge is -2.21. The predicted octanol–water partition coefficient (Wildman–Crippen LogP) is 2.88. The molecule has 0 spiro atoms. The number of rotatable bonds is 5. The number of aliphatic hydroxyl groups is 1. The first kappa shape index (κ1) is 20.7. The van der Waals surface area contributed by atoms with E-state index in [0.717, 1.165) is 10.5 Å². The smallest absolute Gasteiger partial charge is 0.423 e. The molecule has 1 atom stereocenters. The zero-order valence-corrected chi connectivity index (χ0v) is 15.3. The Morgan fingerprint density at radius 1 is 1.07 bits per heavy atom. The van der Waals surface area contributed by atoms with Gasteiger partial charge in [-0.15, -0.1) is 0 Å². The Labute approximate surface area is 164 Å². The average molecular weight is 408 g/mol. The molecule has 1 aliphatic rings. The normalized spacial score (nSPS) is 14.3. The third kappa shape index (κ3) is 5.26. The summed E-state index contributed by atoms with van der Waals surface area (Å²) in [4.78, 5) is 24.6. The van der Waals surface area contributed by atoms with Crippen LogP contribution in [0.5, 0.6) is 0 Å². The van der Waals surface area contributed by atoms with Crippen molar-refractivity contribution in [1.29, 1.82) is 0 Å². The van der Waals surface area contributed by atoms with E-state index in [9.17, 15) is 22.8 Å². The molecule has 0 saturated carbocycles. The highest BCUT2D eigenvalue weighted by Gasteiger charge is 2.46. The van der Waals surface area contributed by atoms with Gasteiger partial charge in [-0.3, -0.25) is 4.79 Å². The Bertz CT molecular complexity index is 887. The maximum absolute atomic E-state index is 12.5. The third-order valence-corrected chi connectivity index (χ3v) is 4.50. The number of fused-ring (bicyclic) bond motifs is 1. The lowest BCUT2D eigenvalue weighted by atomic mass is 10.1. The number of carbonyl (C=O) groups is 2. The van der Waals surface area contributed by atoms with Crippen LogP contribution in [-0.2, 0) is 35.8 Å². The number of hydrogen-bond acceptors (Lipinski definition) is 4. The van der Waals surface area contributed by atoms with Crippen molar-refractivity contribution in [2.24, 2.45) is 0 Å². The lowest BCUT2D eigenvalue weighted by Crippen LogP contribution is -2.44. The van der Waals surface area contributed by atoms with E-state index in [4.69, 9.17) is 9.84 Å². The summed E-state index contributed by atoms with van der Waals surface area (Å²) >= 11 is 0. The van der Waals surface area contributed by atoms with Gasteiger partial charge in [-0.25, -0.2) is 4.79 Å². The van der Waals surface area contributed by atoms with Crippen LogP contribution in [0.1, 0.15) is 22.3 Å². The van der Waals surface area contributed by atoms with Gasteiger partial charge in [-0.1, -0.05) is 48.5 Å². The molecule has 2 aromatic carbocycles. The Kier molecular flexibility index (Phi) is 6.07. The van der Waals surface area contributed by atoms with Crippen LogP contribution in [-0.4, -0.2) is 34.3 Å². The van der Waals surface area contributed by atoms with Crippen LogP contribution in [0.15, 0.2) is 48.5 Å². The Morgan fingerprint density at radius 3 is 2.45 bits per heavy atom. The second-order valence-electron chi connectivity index (χ2n) is 6.66. The number of halogens is 3. The van der Waals surface area contributed by atoms with Gasteiger partial charge in [-0.05, 0) is 22.3 Å². The van der Waals surface area contributed by atoms with Gasteiger partial charge in [0.2, 0.25) is 6.10 Å². The number of nitrogens with zero attached hydrogens (tertiary/aromatic N) is 1. The summed E-state index contributed by atoms with van der Waals surface area (Å²) in [6.07, 6.45) is -8.63. The number of ether oxygens (including phenoxy) is 1. The molecule has 0 fully saturated rings. The van der Waals surface area contributed by atoms with Gasteiger partial charge in [-0.2, -0.15) is 13.2 Å². The highest BCUT2D eigenvalue weighted by atomic mass is 19.4. The molecular weight excluding hydrogens is 389 g/mol. The Hall–Kier alpha value is -3.07. The van der Waals surface area contributed by atoms with Crippen molar-refractivity contribution in [2.75, 3.05) is 0 Å². The summed E-state index contributed by atoms with van der Waals surface area (Å²) in [6.45, 7) is 0.261. The number of benzene rings is 2. The number of amides is 2. The summed E-state index contributed by atoms with van der Waals surface area (Å²) in [7, 11) is 0. The van der Waals surface area contributed by atoms with E-state index in [1.54, 1.807) is 18.2 Å². The standard InChI is InChI=1S/C20H19F3N2O4/c21-20(22,23)17(26)18(27)25-10-15-7-6-14(8-16(15)11-25)9-24-19(28)29-12-13-4-2-1-3-5-13/h1-8,17,26H,9-12H2,(H,24,28)/t17-/m0/s1. The summed E-state index contributed by atoms with van der Waals surface area (Å²) in [5.41, 5.74) is 2.94. The maximum atomic E-state index is 12.5. The third-order valence-electron chi connectivity index (χ3n) is 4.50. The predicted molar refractivity (Wildman–Crippen MR) is 96.2 cm³/mol. The van der Waals surface area contributed by atoms with Gasteiger partial charge < -0.3 is 20.1 Å². The molecule has 2 N–H and O–H groups in total. The fourth-order valence-corrected chi connectivity index (χ4v) is 2.97. The number of aliphatic hydroxyl groups excluding tert-OH is 1. The van der Waals surface area contributed by atoms with Crippen molar-refractivity contribution in [3.63, 3.8) is 0 Å². The number of alkyl halides is 3. The van der Waals surface area contributed by atoms with Gasteiger partial charge in [0.1, 0.15) is 6.61 Å². The largest absolute Gasteiger partial charge is 0.445 e. The van der Waals surface area contributed by atoms with E-state index in [0.29, 0.717) is 16.7 Å². The van der Waals surface area contributed by atoms with Crippen LogP contribution < -0.4 is 5.32 Å². The van der Waals surface area contributed by atoms with Crippen molar-refractivity contribution < 1.29 is 32.6 Å². The minimum Gasteiger partial charge on any atom is -0.445 e. The second-order valence-corrected chi connectivity index (χ2v) is 6.66. The molecule has 0 aromatic heterocycles. The molecule has 154 valence electrons. The fraction of sp³-hybridized carbons (Fsp3) is 0.300. The van der Waals surface area contributed by atoms with Gasteiger partial charge in [0.15, 0.2) is 0 Å². The van der Waals surface area contributed by atoms with Crippen LogP contribution in [0.25, 0.3) is 0 Å². The van der Waals surface area contributed by atoms with E-state index in [2.05, 4.69) is 5.32 Å². The first-order valence-electron chi connectivity index (χ1n) is 8.83. The Balaban J connectivity index is 1.52. The summed E-state index contributed by atoms with van der Waals surface area (Å²) in [5.74, 6) is -1.38. The number of alkyl carbamates (subject to hydrolysis) is 1. The van der Waals surface area contributed by atoms with E-state index < -0.39 is 24.3 Å². The van der Waals surface area contributed by atoms with Crippen LogP contribution in [0.2, 0.25) is 0 Å². The molecule has 6 nitrogen and oxygen atoms in total. The molecular formula is C20H19F3N2O4. The molecule has 0 radical (unpaired) electrons. The number of hydrogen-bond donors (Lipinski definition) is 2. The number of carbonyl (C=O) groups excluding carboxylic acids is 2. The van der Waals surface area contributed by atoms with Crippen LogP contribution in [0.3, 0.4) is 0 Å². The number of nitrogens with one attached hydrogen (secondary N) is 1. The van der Waals surface area contributed by atoms with E-state index in [-0.39, 0.29) is 26.2 Å². The van der Waals surface area contributed by atoms with E-state index >= 15 is 0 Å². The molecule has 0 saturated heterocycles. The molecule has 1 aliphatic heterocycles. The minimum atomic E-state index is -5.00. The summed E-state index contributed by atoms with van der Waals surface area (Å²) < 4.78 is 42.7. The molecule has 2 amide bonds. The molecule has 9 heteroatoms. The molecule has 0 unspecified atom stereocenters. The van der Waals surface area contributed by atoms with Crippen LogP contribution >= 0.6 is 0 Å². The average Bonchev–Trinajstić information content (AvgIpc) is 3.13. The molecule has 0 bridgehead atoms. The topological polar surface area (TPSA) is 78.9 Å². The minimum absolute atomic E-state index is 0.00582. The first-order chi connectivity index (χ1) is 13.7. The zero-order chi connectivity index (χ0) is 21.0. The summed E-state index contributed by atoms with van der Waals surface area (Å²) in [5, 5.41) is 11.8. The van der Waals surface area contributed by atoms with E-state index in [1.807, 2.05) is 30.3 Å². The SMILES string of the molecule is O=C(NCc1ccc2c(c1)CN(C(=O)[C@H](O)C(F)(F)F)C2)OCc1ccccc1. The van der Waals surface area contributed by atoms with Crippen molar-refractivity contribution in [2.45, 2.75) is 38.5 Å². The summed E-state index contributed by atoms with van der Waals surface area (Å²) in [6, 6.07) is 14.3. The highest BCUT2D eigenvalue weighted by molar-refractivity contribution is 5.82. The van der Waals surface area contributed by atoms with Crippen molar-refractivity contribution >= 4 is 12.0 Å². The van der Waals surface area contributed by atoms with Gasteiger partial charge in [0.05, 0.1) is 0 Å². The molecule has 2 aromatic rings. The highest BCUT2D eigenvalue weighted by Crippen LogP contribution is 2.28. The van der Waals surface area contributed by atoms with Crippen LogP contribution in [0, 0.1) is 0 Å². The molecule has 3 rings (SSSR count). The maximum Gasteiger partial charge on any atom is 0.423 e. The van der Waals surface area contributed by atoms with E-state index in [1.165, 1.54) is 0 Å². The van der Waals surface area contributed by atoms with Gasteiger partial charge in [0, 0.05) is 19.6 Å². The van der Waals surface area contributed by atoms with Crippen molar-refractivity contribution in [1.82, 2.24) is 10.2 Å².